The molecule has 1 aromatic heterocycles. The first-order valence-corrected chi connectivity index (χ1v) is 5.73. The van der Waals surface area contributed by atoms with Gasteiger partial charge >= 0.3 is 5.97 Å². The van der Waals surface area contributed by atoms with Crippen molar-refractivity contribution in [2.45, 2.75) is 0 Å². The van der Waals surface area contributed by atoms with E-state index in [4.69, 9.17) is 5.11 Å². The molecule has 0 bridgehead atoms. The molecule has 0 saturated carbocycles. The molecule has 15 heavy (non-hydrogen) atoms. The van der Waals surface area contributed by atoms with Gasteiger partial charge in [0, 0.05) is 5.56 Å². The zero-order valence-corrected chi connectivity index (χ0v) is 9.88. The summed E-state index contributed by atoms with van der Waals surface area (Å²) in [4.78, 5) is 14.9. The Labute approximate surface area is 98.5 Å². The van der Waals surface area contributed by atoms with Gasteiger partial charge in [0.1, 0.15) is 5.01 Å². The minimum atomic E-state index is -0.924. The van der Waals surface area contributed by atoms with Crippen molar-refractivity contribution in [1.82, 2.24) is 4.98 Å². The maximum Gasteiger partial charge on any atom is 0.335 e. The minimum absolute atomic E-state index is 0.277. The summed E-state index contributed by atoms with van der Waals surface area (Å²) in [6.07, 6.45) is 1.70. The first-order valence-electron chi connectivity index (χ1n) is 4.12. The van der Waals surface area contributed by atoms with Crippen LogP contribution < -0.4 is 0 Å². The molecule has 1 aromatic carbocycles. The SMILES string of the molecule is O=C(O)c1cccc(-c2ncc(Br)s2)c1. The molecule has 0 radical (unpaired) electrons. The molecule has 0 saturated heterocycles. The normalized spacial score (nSPS) is 10.2. The van der Waals surface area contributed by atoms with Crippen molar-refractivity contribution in [3.8, 4) is 10.6 Å². The van der Waals surface area contributed by atoms with Crippen molar-refractivity contribution in [2.75, 3.05) is 0 Å². The molecule has 2 rings (SSSR count). The molecule has 5 heteroatoms. The van der Waals surface area contributed by atoms with Crippen LogP contribution in [0, 0.1) is 0 Å². The number of benzene rings is 1. The number of aromatic carboxylic acids is 1. The third-order valence-corrected chi connectivity index (χ3v) is 3.36. The number of carboxylic acid groups (broad SMARTS) is 1. The number of nitrogens with zero attached hydrogens (tertiary/aromatic N) is 1. The molecular formula is C10H6BrNO2S. The molecule has 76 valence electrons. The van der Waals surface area contributed by atoms with Crippen LogP contribution in [0.4, 0.5) is 0 Å². The number of halogens is 1. The molecule has 0 unspecified atom stereocenters. The molecular weight excluding hydrogens is 278 g/mol. The average Bonchev–Trinajstić information content (AvgIpc) is 2.65. The van der Waals surface area contributed by atoms with Crippen LogP contribution >= 0.6 is 27.3 Å². The summed E-state index contributed by atoms with van der Waals surface area (Å²) in [6.45, 7) is 0. The zero-order valence-electron chi connectivity index (χ0n) is 7.48. The standard InChI is InChI=1S/C10H6BrNO2S/c11-8-5-12-9(15-8)6-2-1-3-7(4-6)10(13)14/h1-5H,(H,13,14). The van der Waals surface area contributed by atoms with Gasteiger partial charge in [-0.25, -0.2) is 9.78 Å². The highest BCUT2D eigenvalue weighted by molar-refractivity contribution is 9.11. The third kappa shape index (κ3) is 2.24. The number of carboxylic acids is 1. The van der Waals surface area contributed by atoms with Crippen LogP contribution in [0.5, 0.6) is 0 Å². The van der Waals surface area contributed by atoms with Gasteiger partial charge < -0.3 is 5.11 Å². The second kappa shape index (κ2) is 4.12. The van der Waals surface area contributed by atoms with Crippen LogP contribution in [0.25, 0.3) is 10.6 Å². The average molecular weight is 284 g/mol. The van der Waals surface area contributed by atoms with Gasteiger partial charge in [-0.2, -0.15) is 0 Å². The molecule has 0 aliphatic heterocycles. The van der Waals surface area contributed by atoms with Gasteiger partial charge in [0.25, 0.3) is 0 Å². The van der Waals surface area contributed by atoms with Gasteiger partial charge in [-0.05, 0) is 28.1 Å². The number of carbonyl (C=O) groups is 1. The Morgan fingerprint density at radius 3 is 2.87 bits per heavy atom. The lowest BCUT2D eigenvalue weighted by molar-refractivity contribution is 0.0697. The Morgan fingerprint density at radius 2 is 2.27 bits per heavy atom. The van der Waals surface area contributed by atoms with E-state index in [9.17, 15) is 4.79 Å². The molecule has 0 aliphatic rings. The fourth-order valence-corrected chi connectivity index (χ4v) is 2.38. The highest BCUT2D eigenvalue weighted by atomic mass is 79.9. The van der Waals surface area contributed by atoms with Gasteiger partial charge in [0.05, 0.1) is 15.5 Å². The number of aromatic nitrogens is 1. The lowest BCUT2D eigenvalue weighted by Gasteiger charge is -1.97. The van der Waals surface area contributed by atoms with Gasteiger partial charge in [-0.1, -0.05) is 12.1 Å². The van der Waals surface area contributed by atoms with Crippen LogP contribution in [-0.2, 0) is 0 Å². The van der Waals surface area contributed by atoms with Crippen molar-refractivity contribution in [3.63, 3.8) is 0 Å². The third-order valence-electron chi connectivity index (χ3n) is 1.83. The quantitative estimate of drug-likeness (QED) is 0.920. The summed E-state index contributed by atoms with van der Waals surface area (Å²) < 4.78 is 0.929. The molecule has 1 heterocycles. The Hall–Kier alpha value is -1.20. The molecule has 0 spiro atoms. The summed E-state index contributed by atoms with van der Waals surface area (Å²) in [5.74, 6) is -0.924. The monoisotopic (exact) mass is 283 g/mol. The van der Waals surface area contributed by atoms with Gasteiger partial charge in [-0.15, -0.1) is 11.3 Å². The maximum absolute atomic E-state index is 10.8. The molecule has 0 atom stereocenters. The van der Waals surface area contributed by atoms with E-state index in [1.165, 1.54) is 11.3 Å². The van der Waals surface area contributed by atoms with E-state index in [0.717, 1.165) is 14.4 Å². The van der Waals surface area contributed by atoms with E-state index in [0.29, 0.717) is 0 Å². The van der Waals surface area contributed by atoms with E-state index < -0.39 is 5.97 Å². The van der Waals surface area contributed by atoms with Crippen LogP contribution in [0.1, 0.15) is 10.4 Å². The highest BCUT2D eigenvalue weighted by Crippen LogP contribution is 2.28. The predicted molar refractivity (Wildman–Crippen MR) is 62.2 cm³/mol. The van der Waals surface area contributed by atoms with E-state index in [2.05, 4.69) is 20.9 Å². The van der Waals surface area contributed by atoms with Gasteiger partial charge in [0.2, 0.25) is 0 Å². The number of hydrogen-bond acceptors (Lipinski definition) is 3. The topological polar surface area (TPSA) is 50.2 Å². The largest absolute Gasteiger partial charge is 0.478 e. The number of rotatable bonds is 2. The Bertz CT molecular complexity index is 510. The predicted octanol–water partition coefficient (Wildman–Crippen LogP) is 3.27. The molecule has 2 aromatic rings. The smallest absolute Gasteiger partial charge is 0.335 e. The summed E-state index contributed by atoms with van der Waals surface area (Å²) in [5.41, 5.74) is 1.10. The van der Waals surface area contributed by atoms with Crippen LogP contribution in [0.15, 0.2) is 34.2 Å². The summed E-state index contributed by atoms with van der Waals surface area (Å²) >= 11 is 4.79. The Kier molecular flexibility index (Phi) is 2.83. The Balaban J connectivity index is 2.45. The molecule has 1 N–H and O–H groups in total. The molecule has 0 amide bonds. The van der Waals surface area contributed by atoms with E-state index in [-0.39, 0.29) is 5.56 Å². The van der Waals surface area contributed by atoms with Gasteiger partial charge in [0.15, 0.2) is 0 Å². The lowest BCUT2D eigenvalue weighted by Crippen LogP contribution is -1.95. The second-order valence-electron chi connectivity index (χ2n) is 2.86. The second-order valence-corrected chi connectivity index (χ2v) is 5.27. The maximum atomic E-state index is 10.8. The van der Waals surface area contributed by atoms with Crippen molar-refractivity contribution in [2.24, 2.45) is 0 Å². The van der Waals surface area contributed by atoms with Crippen molar-refractivity contribution in [1.29, 1.82) is 0 Å². The van der Waals surface area contributed by atoms with Crippen LogP contribution in [0.2, 0.25) is 0 Å². The van der Waals surface area contributed by atoms with Crippen molar-refractivity contribution in [3.05, 3.63) is 39.8 Å². The first kappa shape index (κ1) is 10.3. The highest BCUT2D eigenvalue weighted by Gasteiger charge is 2.07. The van der Waals surface area contributed by atoms with E-state index >= 15 is 0 Å². The van der Waals surface area contributed by atoms with Crippen molar-refractivity contribution >= 4 is 33.2 Å². The fourth-order valence-electron chi connectivity index (χ4n) is 1.17. The van der Waals surface area contributed by atoms with E-state index in [1.807, 2.05) is 6.07 Å². The van der Waals surface area contributed by atoms with Crippen LogP contribution in [0.3, 0.4) is 0 Å². The van der Waals surface area contributed by atoms with E-state index in [1.54, 1.807) is 24.4 Å². The lowest BCUT2D eigenvalue weighted by atomic mass is 10.1. The van der Waals surface area contributed by atoms with Crippen molar-refractivity contribution < 1.29 is 9.90 Å². The molecule has 3 nitrogen and oxygen atoms in total. The number of hydrogen-bond donors (Lipinski definition) is 1. The Morgan fingerprint density at radius 1 is 1.47 bits per heavy atom. The minimum Gasteiger partial charge on any atom is -0.478 e. The van der Waals surface area contributed by atoms with Crippen LogP contribution in [-0.4, -0.2) is 16.1 Å². The first-order chi connectivity index (χ1) is 7.16. The fraction of sp³-hybridized carbons (Fsp3) is 0. The van der Waals surface area contributed by atoms with Gasteiger partial charge in [-0.3, -0.25) is 0 Å². The molecule has 0 aliphatic carbocycles. The molecule has 0 fully saturated rings. The number of thiazole rings is 1. The zero-order chi connectivity index (χ0) is 10.8. The summed E-state index contributed by atoms with van der Waals surface area (Å²) in [5, 5.41) is 9.65. The summed E-state index contributed by atoms with van der Waals surface area (Å²) in [7, 11) is 0. The summed E-state index contributed by atoms with van der Waals surface area (Å²) in [6, 6.07) is 6.74.